The van der Waals surface area contributed by atoms with Crippen molar-refractivity contribution in [1.29, 1.82) is 5.26 Å². The van der Waals surface area contributed by atoms with Crippen molar-refractivity contribution in [3.8, 4) is 6.07 Å². The number of nitrogens with one attached hydrogen (secondary N) is 2. The number of anilines is 1. The molecule has 1 aromatic carbocycles. The highest BCUT2D eigenvalue weighted by atomic mass is 19.1. The molecule has 1 amide bonds. The Morgan fingerprint density at radius 1 is 1.15 bits per heavy atom. The van der Waals surface area contributed by atoms with Crippen molar-refractivity contribution in [2.45, 2.75) is 38.0 Å². The molecular formula is C25H25FN6O. The lowest BCUT2D eigenvalue weighted by molar-refractivity contribution is 0.0950. The Hall–Kier alpha value is -3.83. The molecule has 2 aromatic heterocycles. The van der Waals surface area contributed by atoms with Crippen molar-refractivity contribution < 1.29 is 9.18 Å². The number of amides is 1. The van der Waals surface area contributed by atoms with Gasteiger partial charge in [-0.15, -0.1) is 0 Å². The van der Waals surface area contributed by atoms with Crippen molar-refractivity contribution in [3.63, 3.8) is 0 Å². The lowest BCUT2D eigenvalue weighted by Gasteiger charge is -2.29. The Kier molecular flexibility index (Phi) is 7.22. The Labute approximate surface area is 192 Å². The first kappa shape index (κ1) is 22.4. The monoisotopic (exact) mass is 444 g/mol. The van der Waals surface area contributed by atoms with E-state index in [4.69, 9.17) is 0 Å². The molecule has 2 unspecified atom stereocenters. The summed E-state index contributed by atoms with van der Waals surface area (Å²) >= 11 is 0. The summed E-state index contributed by atoms with van der Waals surface area (Å²) in [5, 5.41) is 15.9. The highest BCUT2D eigenvalue weighted by molar-refractivity contribution is 5.94. The van der Waals surface area contributed by atoms with Gasteiger partial charge < -0.3 is 10.2 Å². The second-order valence-electron chi connectivity index (χ2n) is 7.93. The van der Waals surface area contributed by atoms with Crippen molar-refractivity contribution in [2.75, 3.05) is 11.4 Å². The first-order chi connectivity index (χ1) is 16.1. The summed E-state index contributed by atoms with van der Waals surface area (Å²) in [6, 6.07) is 15.8. The van der Waals surface area contributed by atoms with Crippen LogP contribution >= 0.6 is 0 Å². The van der Waals surface area contributed by atoms with E-state index in [9.17, 15) is 14.4 Å². The maximum atomic E-state index is 13.4. The highest BCUT2D eigenvalue weighted by Crippen LogP contribution is 2.28. The first-order valence-corrected chi connectivity index (χ1v) is 10.9. The zero-order valence-corrected chi connectivity index (χ0v) is 18.1. The van der Waals surface area contributed by atoms with E-state index in [0.717, 1.165) is 24.0 Å². The summed E-state index contributed by atoms with van der Waals surface area (Å²) < 4.78 is 13.4. The average molecular weight is 445 g/mol. The van der Waals surface area contributed by atoms with E-state index in [-0.39, 0.29) is 23.9 Å². The molecule has 0 aliphatic carbocycles. The largest absolute Gasteiger partial charge is 0.348 e. The molecule has 1 aliphatic rings. The summed E-state index contributed by atoms with van der Waals surface area (Å²) in [5.74, 6) is 0.181. The van der Waals surface area contributed by atoms with Crippen LogP contribution in [0.15, 0.2) is 67.1 Å². The molecule has 1 aliphatic heterocycles. The van der Waals surface area contributed by atoms with Crippen LogP contribution in [-0.2, 0) is 13.0 Å². The summed E-state index contributed by atoms with van der Waals surface area (Å²) in [6.45, 7) is 1.03. The lowest BCUT2D eigenvalue weighted by atomic mass is 10.1. The fraction of sp³-hybridized carbons (Fsp3) is 0.280. The van der Waals surface area contributed by atoms with Crippen LogP contribution in [0.3, 0.4) is 0 Å². The van der Waals surface area contributed by atoms with Crippen LogP contribution in [0.5, 0.6) is 0 Å². The van der Waals surface area contributed by atoms with Crippen molar-refractivity contribution in [3.05, 3.63) is 89.6 Å². The Morgan fingerprint density at radius 2 is 2.03 bits per heavy atom. The topological polar surface area (TPSA) is 93.9 Å². The molecule has 7 nitrogen and oxygen atoms in total. The van der Waals surface area contributed by atoms with Gasteiger partial charge in [-0.25, -0.2) is 9.37 Å². The molecule has 3 aromatic rings. The molecule has 33 heavy (non-hydrogen) atoms. The number of halogens is 1. The van der Waals surface area contributed by atoms with Gasteiger partial charge in [0.05, 0.1) is 17.8 Å². The van der Waals surface area contributed by atoms with Gasteiger partial charge in [-0.05, 0) is 60.7 Å². The second-order valence-corrected chi connectivity index (χ2v) is 7.93. The van der Waals surface area contributed by atoms with Gasteiger partial charge in [0.2, 0.25) is 0 Å². The molecule has 0 spiro atoms. The predicted molar refractivity (Wildman–Crippen MR) is 123 cm³/mol. The fourth-order valence-corrected chi connectivity index (χ4v) is 3.99. The number of hydrogen-bond acceptors (Lipinski definition) is 6. The van der Waals surface area contributed by atoms with Crippen LogP contribution < -0.4 is 15.5 Å². The zero-order valence-electron chi connectivity index (χ0n) is 18.1. The van der Waals surface area contributed by atoms with Crippen LogP contribution in [0.1, 0.15) is 34.3 Å². The number of rotatable bonds is 8. The number of pyridine rings is 2. The minimum absolute atomic E-state index is 0.0547. The molecule has 3 heterocycles. The molecule has 4 rings (SSSR count). The van der Waals surface area contributed by atoms with Crippen LogP contribution in [0.4, 0.5) is 10.2 Å². The molecule has 8 heteroatoms. The van der Waals surface area contributed by atoms with Crippen molar-refractivity contribution in [1.82, 2.24) is 20.6 Å². The van der Waals surface area contributed by atoms with E-state index in [0.29, 0.717) is 30.9 Å². The van der Waals surface area contributed by atoms with Crippen LogP contribution in [0.2, 0.25) is 0 Å². The number of hydrogen-bond donors (Lipinski definition) is 2. The molecule has 0 bridgehead atoms. The van der Waals surface area contributed by atoms with Gasteiger partial charge in [0.15, 0.2) is 0 Å². The molecule has 0 saturated carbocycles. The third kappa shape index (κ3) is 5.70. The molecular weight excluding hydrogens is 419 g/mol. The van der Waals surface area contributed by atoms with Crippen molar-refractivity contribution >= 4 is 11.7 Å². The van der Waals surface area contributed by atoms with Crippen molar-refractivity contribution in [2.24, 2.45) is 0 Å². The maximum absolute atomic E-state index is 13.4. The molecule has 2 atom stereocenters. The van der Waals surface area contributed by atoms with Crippen LogP contribution in [0.25, 0.3) is 0 Å². The van der Waals surface area contributed by atoms with Gasteiger partial charge in [0, 0.05) is 31.7 Å². The quantitative estimate of drug-likeness (QED) is 0.554. The van der Waals surface area contributed by atoms with E-state index < -0.39 is 0 Å². The van der Waals surface area contributed by atoms with E-state index in [2.05, 4.69) is 26.7 Å². The van der Waals surface area contributed by atoms with E-state index >= 15 is 0 Å². The van der Waals surface area contributed by atoms with Gasteiger partial charge in [0.1, 0.15) is 17.7 Å². The smallest absolute Gasteiger partial charge is 0.253 e. The Balaban J connectivity index is 1.37. The number of nitriles is 1. The Morgan fingerprint density at radius 3 is 2.76 bits per heavy atom. The highest BCUT2D eigenvalue weighted by Gasteiger charge is 2.34. The van der Waals surface area contributed by atoms with Crippen LogP contribution in [0, 0.1) is 17.1 Å². The summed E-state index contributed by atoms with van der Waals surface area (Å²) in [7, 11) is 0. The molecule has 1 fully saturated rings. The zero-order chi connectivity index (χ0) is 23.0. The van der Waals surface area contributed by atoms with Gasteiger partial charge >= 0.3 is 0 Å². The molecule has 2 N–H and O–H groups in total. The van der Waals surface area contributed by atoms with E-state index in [1.807, 2.05) is 23.1 Å². The van der Waals surface area contributed by atoms with Crippen LogP contribution in [-0.4, -0.2) is 34.6 Å². The summed E-state index contributed by atoms with van der Waals surface area (Å²) in [6.07, 6.45) is 7.08. The number of carbonyl (C=O) groups excluding carboxylic acids is 1. The number of carbonyl (C=O) groups is 1. The van der Waals surface area contributed by atoms with Gasteiger partial charge in [-0.2, -0.15) is 5.26 Å². The van der Waals surface area contributed by atoms with Gasteiger partial charge in [-0.1, -0.05) is 18.2 Å². The van der Waals surface area contributed by atoms with Gasteiger partial charge in [-0.3, -0.25) is 15.1 Å². The molecule has 1 saturated heterocycles. The maximum Gasteiger partial charge on any atom is 0.253 e. The molecule has 168 valence electrons. The third-order valence-electron chi connectivity index (χ3n) is 5.67. The average Bonchev–Trinajstić information content (AvgIpc) is 3.26. The second kappa shape index (κ2) is 10.7. The Bertz CT molecular complexity index is 1120. The fourth-order valence-electron chi connectivity index (χ4n) is 3.99. The lowest BCUT2D eigenvalue weighted by Crippen LogP contribution is -2.45. The minimum Gasteiger partial charge on any atom is -0.348 e. The predicted octanol–water partition coefficient (Wildman–Crippen LogP) is 3.20. The number of nitrogens with zero attached hydrogens (tertiary/aromatic N) is 4. The minimum atomic E-state index is -0.297. The first-order valence-electron chi connectivity index (χ1n) is 10.9. The molecule has 0 radical (unpaired) electrons. The number of benzene rings is 1. The third-order valence-corrected chi connectivity index (χ3v) is 5.67. The summed E-state index contributed by atoms with van der Waals surface area (Å²) in [4.78, 5) is 22.9. The van der Waals surface area contributed by atoms with E-state index in [1.165, 1.54) is 18.3 Å². The normalized spacial score (nSPS) is 17.5. The summed E-state index contributed by atoms with van der Waals surface area (Å²) in [5.41, 5.74) is 2.28. The standard InChI is InChI=1S/C25H25FN6O/c26-21-5-1-3-18(13-21)10-12-29-23-9-7-22(14-27)32(23)24-8-6-20(17-30-24)25(33)31-16-19-4-2-11-28-15-19/h1-6,8,11,13,15,17,22-23,29H,7,9-10,12,16H2,(H,31,33). The SMILES string of the molecule is N#CC1CCC(NCCc2cccc(F)c2)N1c1ccc(C(=O)NCc2cccnc2)cn1. The van der Waals surface area contributed by atoms with E-state index in [1.54, 1.807) is 30.6 Å². The number of aromatic nitrogens is 2. The van der Waals surface area contributed by atoms with Gasteiger partial charge in [0.25, 0.3) is 5.91 Å².